The van der Waals surface area contributed by atoms with E-state index >= 15 is 0 Å². The van der Waals surface area contributed by atoms with Crippen LogP contribution in [0.3, 0.4) is 0 Å². The van der Waals surface area contributed by atoms with Crippen molar-refractivity contribution in [1.29, 1.82) is 0 Å². The van der Waals surface area contributed by atoms with Crippen molar-refractivity contribution in [2.24, 2.45) is 0 Å². The Bertz CT molecular complexity index is 797. The van der Waals surface area contributed by atoms with Gasteiger partial charge in [-0.25, -0.2) is 24.7 Å². The van der Waals surface area contributed by atoms with Crippen LogP contribution >= 0.6 is 0 Å². The number of carboxylic acids is 1. The van der Waals surface area contributed by atoms with E-state index in [1.54, 1.807) is 18.7 Å². The van der Waals surface area contributed by atoms with Crippen molar-refractivity contribution >= 4 is 11.9 Å². The maximum atomic E-state index is 10.6. The third kappa shape index (κ3) is 4.89. The zero-order valence-corrected chi connectivity index (χ0v) is 14.4. The molecule has 0 bridgehead atoms. The Morgan fingerprint density at radius 1 is 1.07 bits per heavy atom. The topological polar surface area (TPSA) is 92.1 Å². The van der Waals surface area contributed by atoms with Gasteiger partial charge in [0.15, 0.2) is 0 Å². The SMILES string of the molecule is O=C(O)C(F)(F)F.c1cnc(N2CCc3ncnc(C4CC4)c3CC2)nc1. The molecule has 1 N–H and O–H groups in total. The van der Waals surface area contributed by atoms with E-state index in [9.17, 15) is 13.2 Å². The maximum Gasteiger partial charge on any atom is 0.490 e. The van der Waals surface area contributed by atoms with Crippen LogP contribution in [0.4, 0.5) is 19.1 Å². The minimum atomic E-state index is -5.08. The number of halogens is 3. The molecule has 1 fully saturated rings. The molecule has 2 aromatic rings. The monoisotopic (exact) mass is 381 g/mol. The van der Waals surface area contributed by atoms with Gasteiger partial charge in [0.25, 0.3) is 0 Å². The molecular formula is C17H18F3N5O2. The Balaban J connectivity index is 0.000000260. The van der Waals surface area contributed by atoms with Crippen LogP contribution in [0.15, 0.2) is 24.8 Å². The van der Waals surface area contributed by atoms with E-state index in [4.69, 9.17) is 9.90 Å². The standard InChI is InChI=1S/C15H17N5.C2HF3O2/c1-6-16-15(17-7-1)20-8-4-12-13(5-9-20)18-10-19-14(12)11-2-3-11;3-2(4,5)1(6)7/h1,6-7,10-11H,2-5,8-9H2;(H,6,7). The largest absolute Gasteiger partial charge is 0.490 e. The molecule has 7 nitrogen and oxygen atoms in total. The summed E-state index contributed by atoms with van der Waals surface area (Å²) in [7, 11) is 0. The molecule has 27 heavy (non-hydrogen) atoms. The zero-order valence-electron chi connectivity index (χ0n) is 14.4. The second-order valence-corrected chi connectivity index (χ2v) is 6.30. The lowest BCUT2D eigenvalue weighted by Crippen LogP contribution is -2.27. The smallest absolute Gasteiger partial charge is 0.475 e. The Kier molecular flexibility index (Phi) is 5.52. The van der Waals surface area contributed by atoms with Crippen LogP contribution < -0.4 is 4.90 Å². The summed E-state index contributed by atoms with van der Waals surface area (Å²) in [5, 5.41) is 7.12. The van der Waals surface area contributed by atoms with Gasteiger partial charge < -0.3 is 10.0 Å². The second kappa shape index (κ2) is 7.85. The summed E-state index contributed by atoms with van der Waals surface area (Å²) in [5.74, 6) is -1.25. The van der Waals surface area contributed by atoms with Gasteiger partial charge in [-0.05, 0) is 30.9 Å². The molecule has 0 unspecified atom stereocenters. The Hall–Kier alpha value is -2.78. The predicted molar refractivity (Wildman–Crippen MR) is 89.4 cm³/mol. The van der Waals surface area contributed by atoms with E-state index in [1.165, 1.54) is 29.8 Å². The van der Waals surface area contributed by atoms with Crippen LogP contribution in [0.1, 0.15) is 35.7 Å². The molecule has 1 saturated carbocycles. The van der Waals surface area contributed by atoms with Crippen LogP contribution in [-0.4, -0.2) is 50.3 Å². The van der Waals surface area contributed by atoms with Gasteiger partial charge in [0, 0.05) is 43.5 Å². The summed E-state index contributed by atoms with van der Waals surface area (Å²) in [5.41, 5.74) is 3.90. The van der Waals surface area contributed by atoms with Crippen molar-refractivity contribution in [2.75, 3.05) is 18.0 Å². The molecule has 3 heterocycles. The highest BCUT2D eigenvalue weighted by atomic mass is 19.4. The number of carbonyl (C=O) groups is 1. The lowest BCUT2D eigenvalue weighted by atomic mass is 10.0. The van der Waals surface area contributed by atoms with Crippen LogP contribution in [-0.2, 0) is 17.6 Å². The highest BCUT2D eigenvalue weighted by Crippen LogP contribution is 2.41. The number of nitrogens with zero attached hydrogens (tertiary/aromatic N) is 5. The van der Waals surface area contributed by atoms with Gasteiger partial charge in [0.05, 0.1) is 5.69 Å². The number of alkyl halides is 3. The van der Waals surface area contributed by atoms with Gasteiger partial charge in [0.2, 0.25) is 5.95 Å². The molecule has 144 valence electrons. The quantitative estimate of drug-likeness (QED) is 0.854. The van der Waals surface area contributed by atoms with E-state index in [-0.39, 0.29) is 0 Å². The lowest BCUT2D eigenvalue weighted by molar-refractivity contribution is -0.192. The highest BCUT2D eigenvalue weighted by Gasteiger charge is 2.38. The molecule has 0 radical (unpaired) electrons. The summed E-state index contributed by atoms with van der Waals surface area (Å²) in [6, 6.07) is 1.85. The summed E-state index contributed by atoms with van der Waals surface area (Å²) < 4.78 is 31.7. The second-order valence-electron chi connectivity index (χ2n) is 6.30. The van der Waals surface area contributed by atoms with E-state index in [1.807, 2.05) is 6.07 Å². The molecule has 2 aromatic heterocycles. The first kappa shape index (κ1) is 19.0. The van der Waals surface area contributed by atoms with Gasteiger partial charge >= 0.3 is 12.1 Å². The lowest BCUT2D eigenvalue weighted by Gasteiger charge is -2.19. The van der Waals surface area contributed by atoms with Gasteiger partial charge in [-0.2, -0.15) is 13.2 Å². The van der Waals surface area contributed by atoms with Crippen molar-refractivity contribution in [3.8, 4) is 0 Å². The molecule has 0 saturated heterocycles. The van der Waals surface area contributed by atoms with Gasteiger partial charge in [-0.15, -0.1) is 0 Å². The fourth-order valence-electron chi connectivity index (χ4n) is 2.91. The highest BCUT2D eigenvalue weighted by molar-refractivity contribution is 5.73. The molecule has 1 aliphatic heterocycles. The Morgan fingerprint density at radius 2 is 1.70 bits per heavy atom. The Labute approximate surface area is 153 Å². The number of carboxylic acid groups (broad SMARTS) is 1. The first-order chi connectivity index (χ1) is 12.9. The van der Waals surface area contributed by atoms with Crippen molar-refractivity contribution < 1.29 is 23.1 Å². The summed E-state index contributed by atoms with van der Waals surface area (Å²) in [6.07, 6.45) is 4.78. The first-order valence-electron chi connectivity index (χ1n) is 8.51. The molecule has 0 amide bonds. The molecule has 0 aromatic carbocycles. The number of aliphatic carboxylic acids is 1. The fourth-order valence-corrected chi connectivity index (χ4v) is 2.91. The third-order valence-corrected chi connectivity index (χ3v) is 4.36. The number of aromatic nitrogens is 4. The van der Waals surface area contributed by atoms with Crippen molar-refractivity contribution in [3.63, 3.8) is 0 Å². The summed E-state index contributed by atoms with van der Waals surface area (Å²) in [6.45, 7) is 1.88. The molecule has 4 rings (SSSR count). The zero-order chi connectivity index (χ0) is 19.4. The van der Waals surface area contributed by atoms with Crippen LogP contribution in [0.5, 0.6) is 0 Å². The minimum absolute atomic E-state index is 0.686. The van der Waals surface area contributed by atoms with Gasteiger partial charge in [-0.3, -0.25) is 0 Å². The molecule has 10 heteroatoms. The average molecular weight is 381 g/mol. The van der Waals surface area contributed by atoms with Crippen LogP contribution in [0.2, 0.25) is 0 Å². The summed E-state index contributed by atoms with van der Waals surface area (Å²) in [4.78, 5) is 28.9. The number of fused-ring (bicyclic) bond motifs is 1. The van der Waals surface area contributed by atoms with E-state index in [2.05, 4.69) is 24.8 Å². The van der Waals surface area contributed by atoms with Gasteiger partial charge in [0.1, 0.15) is 6.33 Å². The molecular weight excluding hydrogens is 363 g/mol. The van der Waals surface area contributed by atoms with E-state index in [0.29, 0.717) is 5.92 Å². The van der Waals surface area contributed by atoms with Crippen molar-refractivity contribution in [3.05, 3.63) is 41.7 Å². The predicted octanol–water partition coefficient (Wildman–Crippen LogP) is 2.38. The Morgan fingerprint density at radius 3 is 2.30 bits per heavy atom. The molecule has 0 spiro atoms. The van der Waals surface area contributed by atoms with E-state index < -0.39 is 12.1 Å². The van der Waals surface area contributed by atoms with Crippen molar-refractivity contribution in [2.45, 2.75) is 37.8 Å². The molecule has 1 aliphatic carbocycles. The third-order valence-electron chi connectivity index (χ3n) is 4.36. The molecule has 0 atom stereocenters. The average Bonchev–Trinajstić information content (AvgIpc) is 3.48. The van der Waals surface area contributed by atoms with Crippen LogP contribution in [0.25, 0.3) is 0 Å². The fraction of sp³-hybridized carbons (Fsp3) is 0.471. The first-order valence-corrected chi connectivity index (χ1v) is 8.51. The van der Waals surface area contributed by atoms with Crippen molar-refractivity contribution in [1.82, 2.24) is 19.9 Å². The molecule has 2 aliphatic rings. The normalized spacial score (nSPS) is 16.6. The van der Waals surface area contributed by atoms with Crippen LogP contribution in [0, 0.1) is 0 Å². The van der Waals surface area contributed by atoms with E-state index in [0.717, 1.165) is 31.9 Å². The number of hydrogen-bond acceptors (Lipinski definition) is 6. The van der Waals surface area contributed by atoms with Gasteiger partial charge in [-0.1, -0.05) is 0 Å². The minimum Gasteiger partial charge on any atom is -0.475 e. The number of anilines is 1. The maximum absolute atomic E-state index is 10.6. The summed E-state index contributed by atoms with van der Waals surface area (Å²) >= 11 is 0. The number of hydrogen-bond donors (Lipinski definition) is 1. The number of rotatable bonds is 2.